The normalized spacial score (nSPS) is 33.6. The van der Waals surface area contributed by atoms with Crippen molar-refractivity contribution in [1.29, 1.82) is 0 Å². The first kappa shape index (κ1) is 9.95. The first-order valence-corrected chi connectivity index (χ1v) is 6.14. The highest BCUT2D eigenvalue weighted by molar-refractivity contribution is 6.42. The Hall–Kier alpha value is -0.240. The van der Waals surface area contributed by atoms with Crippen molar-refractivity contribution in [3.63, 3.8) is 0 Å². The van der Waals surface area contributed by atoms with Crippen LogP contribution in [0, 0.1) is 5.92 Å². The van der Waals surface area contributed by atoms with Gasteiger partial charge in [0, 0.05) is 5.41 Å². The van der Waals surface area contributed by atoms with Crippen molar-refractivity contribution in [3.8, 4) is 0 Å². The van der Waals surface area contributed by atoms with Crippen LogP contribution < -0.4 is 5.32 Å². The maximum atomic E-state index is 6.07. The lowest BCUT2D eigenvalue weighted by atomic mass is 9.88. The summed E-state index contributed by atoms with van der Waals surface area (Å²) in [5, 5.41) is 4.78. The second-order valence-corrected chi connectivity index (χ2v) is 5.45. The van der Waals surface area contributed by atoms with Crippen molar-refractivity contribution in [2.75, 3.05) is 13.1 Å². The molecule has 1 aromatic rings. The number of piperidine rings is 1. The Bertz CT molecular complexity index is 405. The van der Waals surface area contributed by atoms with Crippen LogP contribution >= 0.6 is 23.2 Å². The zero-order chi connectivity index (χ0) is 10.5. The molecule has 1 aromatic carbocycles. The molecule has 0 amide bonds. The van der Waals surface area contributed by atoms with Crippen LogP contribution in [0.5, 0.6) is 0 Å². The van der Waals surface area contributed by atoms with E-state index in [4.69, 9.17) is 23.2 Å². The quantitative estimate of drug-likeness (QED) is 0.797. The van der Waals surface area contributed by atoms with Gasteiger partial charge in [-0.1, -0.05) is 29.3 Å². The zero-order valence-corrected chi connectivity index (χ0v) is 9.91. The van der Waals surface area contributed by atoms with Crippen molar-refractivity contribution in [2.24, 2.45) is 5.92 Å². The first-order valence-electron chi connectivity index (χ1n) is 5.39. The summed E-state index contributed by atoms with van der Waals surface area (Å²) < 4.78 is 0. The van der Waals surface area contributed by atoms with Crippen molar-refractivity contribution in [1.82, 2.24) is 5.32 Å². The molecule has 2 aliphatic rings. The van der Waals surface area contributed by atoms with E-state index >= 15 is 0 Å². The van der Waals surface area contributed by atoms with E-state index in [2.05, 4.69) is 17.4 Å². The fourth-order valence-electron chi connectivity index (χ4n) is 2.85. The van der Waals surface area contributed by atoms with E-state index in [1.54, 1.807) is 0 Å². The number of hydrogen-bond acceptors (Lipinski definition) is 1. The van der Waals surface area contributed by atoms with E-state index < -0.39 is 0 Å². The van der Waals surface area contributed by atoms with Gasteiger partial charge in [0.15, 0.2) is 0 Å². The fraction of sp³-hybridized carbons (Fsp3) is 0.500. The van der Waals surface area contributed by atoms with Gasteiger partial charge in [-0.3, -0.25) is 0 Å². The molecule has 1 aliphatic carbocycles. The highest BCUT2D eigenvalue weighted by Crippen LogP contribution is 2.58. The zero-order valence-electron chi connectivity index (χ0n) is 8.39. The smallest absolute Gasteiger partial charge is 0.0595 e. The molecule has 0 radical (unpaired) electrons. The molecule has 0 bridgehead atoms. The number of rotatable bonds is 1. The average molecular weight is 242 g/mol. The molecule has 2 fully saturated rings. The van der Waals surface area contributed by atoms with Crippen LogP contribution in [0.3, 0.4) is 0 Å². The molecule has 1 saturated carbocycles. The van der Waals surface area contributed by atoms with E-state index in [9.17, 15) is 0 Å². The van der Waals surface area contributed by atoms with Crippen molar-refractivity contribution in [2.45, 2.75) is 18.3 Å². The summed E-state index contributed by atoms with van der Waals surface area (Å²) in [5.74, 6) is 0.809. The monoisotopic (exact) mass is 241 g/mol. The average Bonchev–Trinajstić information content (AvgIpc) is 2.97. The van der Waals surface area contributed by atoms with Crippen LogP contribution in [0.25, 0.3) is 0 Å². The topological polar surface area (TPSA) is 12.0 Å². The van der Waals surface area contributed by atoms with Gasteiger partial charge < -0.3 is 5.32 Å². The van der Waals surface area contributed by atoms with Crippen LogP contribution in [0.15, 0.2) is 18.2 Å². The van der Waals surface area contributed by atoms with Gasteiger partial charge in [0.1, 0.15) is 0 Å². The molecule has 1 heterocycles. The molecule has 1 N–H and O–H groups in total. The van der Waals surface area contributed by atoms with E-state index in [1.807, 2.05) is 6.07 Å². The van der Waals surface area contributed by atoms with Gasteiger partial charge in [-0.15, -0.1) is 0 Å². The molecule has 15 heavy (non-hydrogen) atoms. The predicted octanol–water partition coefficient (Wildman–Crippen LogP) is 3.24. The van der Waals surface area contributed by atoms with E-state index in [-0.39, 0.29) is 0 Å². The number of hydrogen-bond donors (Lipinski definition) is 1. The molecule has 1 aliphatic heterocycles. The van der Waals surface area contributed by atoms with E-state index in [0.29, 0.717) is 15.5 Å². The van der Waals surface area contributed by atoms with E-state index in [1.165, 1.54) is 18.4 Å². The van der Waals surface area contributed by atoms with Crippen LogP contribution in [0.1, 0.15) is 18.4 Å². The van der Waals surface area contributed by atoms with Gasteiger partial charge in [-0.25, -0.2) is 0 Å². The van der Waals surface area contributed by atoms with Gasteiger partial charge in [-0.2, -0.15) is 0 Å². The van der Waals surface area contributed by atoms with Crippen molar-refractivity contribution >= 4 is 23.2 Å². The van der Waals surface area contributed by atoms with E-state index in [0.717, 1.165) is 19.0 Å². The van der Waals surface area contributed by atoms with Crippen molar-refractivity contribution < 1.29 is 0 Å². The molecule has 2 atom stereocenters. The standard InChI is InChI=1S/C12H13Cl2N/c13-10-2-1-8(5-11(10)14)12-3-4-15-7-9(12)6-12/h1-2,5,9,15H,3-4,6-7H2/t9?,12-/m0/s1. The minimum Gasteiger partial charge on any atom is -0.316 e. The van der Waals surface area contributed by atoms with Gasteiger partial charge in [0.25, 0.3) is 0 Å². The Balaban J connectivity index is 1.96. The molecule has 1 saturated heterocycles. The van der Waals surface area contributed by atoms with Gasteiger partial charge in [0.2, 0.25) is 0 Å². The number of fused-ring (bicyclic) bond motifs is 1. The summed E-state index contributed by atoms with van der Waals surface area (Å²) in [6, 6.07) is 6.11. The van der Waals surface area contributed by atoms with Gasteiger partial charge >= 0.3 is 0 Å². The molecular weight excluding hydrogens is 229 g/mol. The first-order chi connectivity index (χ1) is 7.22. The Kier molecular flexibility index (Phi) is 2.24. The Morgan fingerprint density at radius 3 is 2.87 bits per heavy atom. The molecule has 3 rings (SSSR count). The minimum atomic E-state index is 0.416. The summed E-state index contributed by atoms with van der Waals surface area (Å²) in [5.41, 5.74) is 1.79. The largest absolute Gasteiger partial charge is 0.316 e. The van der Waals surface area contributed by atoms with Crippen molar-refractivity contribution in [3.05, 3.63) is 33.8 Å². The summed E-state index contributed by atoms with van der Waals surface area (Å²) in [6.07, 6.45) is 2.54. The Morgan fingerprint density at radius 1 is 1.27 bits per heavy atom. The lowest BCUT2D eigenvalue weighted by Crippen LogP contribution is -2.31. The highest BCUT2D eigenvalue weighted by atomic mass is 35.5. The van der Waals surface area contributed by atoms with Crippen LogP contribution in [0.2, 0.25) is 10.0 Å². The maximum Gasteiger partial charge on any atom is 0.0595 e. The molecule has 0 aromatic heterocycles. The number of nitrogens with one attached hydrogen (secondary N) is 1. The highest BCUT2D eigenvalue weighted by Gasteiger charge is 2.55. The second-order valence-electron chi connectivity index (χ2n) is 4.64. The lowest BCUT2D eigenvalue weighted by Gasteiger charge is -2.23. The summed E-state index contributed by atoms with van der Waals surface area (Å²) in [6.45, 7) is 2.27. The third kappa shape index (κ3) is 1.49. The van der Waals surface area contributed by atoms with Gasteiger partial charge in [-0.05, 0) is 49.5 Å². The summed E-state index contributed by atoms with van der Waals surface area (Å²) in [4.78, 5) is 0. The fourth-order valence-corrected chi connectivity index (χ4v) is 3.14. The predicted molar refractivity (Wildman–Crippen MR) is 63.7 cm³/mol. The Morgan fingerprint density at radius 2 is 2.13 bits per heavy atom. The number of benzene rings is 1. The van der Waals surface area contributed by atoms with Crippen LogP contribution in [-0.2, 0) is 5.41 Å². The molecule has 3 heteroatoms. The molecule has 1 unspecified atom stereocenters. The third-order valence-corrected chi connectivity index (χ3v) is 4.60. The third-order valence-electron chi connectivity index (χ3n) is 3.87. The number of halogens is 2. The molecule has 0 spiro atoms. The Labute approximate surface area is 99.8 Å². The summed E-state index contributed by atoms with van der Waals surface area (Å²) in [7, 11) is 0. The van der Waals surface area contributed by atoms with Gasteiger partial charge in [0.05, 0.1) is 10.0 Å². The molecule has 1 nitrogen and oxygen atoms in total. The SMILES string of the molecule is Clc1ccc([C@@]23CCNCC2C3)cc1Cl. The molecular formula is C12H13Cl2N. The maximum absolute atomic E-state index is 6.07. The molecule has 80 valence electrons. The van der Waals surface area contributed by atoms with Crippen LogP contribution in [0.4, 0.5) is 0 Å². The second kappa shape index (κ2) is 3.38. The summed E-state index contributed by atoms with van der Waals surface area (Å²) >= 11 is 12.0. The lowest BCUT2D eigenvalue weighted by molar-refractivity contribution is 0.445. The minimum absolute atomic E-state index is 0.416. The van der Waals surface area contributed by atoms with Crippen LogP contribution in [-0.4, -0.2) is 13.1 Å².